The van der Waals surface area contributed by atoms with Gasteiger partial charge in [0.05, 0.1) is 6.61 Å². The van der Waals surface area contributed by atoms with Crippen molar-refractivity contribution < 1.29 is 14.6 Å². The maximum atomic E-state index is 11.8. The van der Waals surface area contributed by atoms with Crippen LogP contribution in [0.4, 0.5) is 4.79 Å². The van der Waals surface area contributed by atoms with Gasteiger partial charge < -0.3 is 15.2 Å². The third-order valence-corrected chi connectivity index (χ3v) is 3.62. The standard InChI is InChI=1S/C15H28N4O3/c1-6-15(10-20,8-12-17-11-18-19(12)7-2)9-16-13(21)22-14(3,4)5/h11,20H,6-10H2,1-5H3,(H,16,21). The third kappa shape index (κ3) is 5.29. The highest BCUT2D eigenvalue weighted by atomic mass is 16.6. The van der Waals surface area contributed by atoms with Crippen molar-refractivity contribution in [3.63, 3.8) is 0 Å². The molecule has 1 rings (SSSR count). The average molecular weight is 312 g/mol. The first-order chi connectivity index (χ1) is 10.2. The summed E-state index contributed by atoms with van der Waals surface area (Å²) in [5.41, 5.74) is -1.02. The van der Waals surface area contributed by atoms with Gasteiger partial charge in [0.25, 0.3) is 0 Å². The first-order valence-corrected chi connectivity index (χ1v) is 7.69. The van der Waals surface area contributed by atoms with Gasteiger partial charge in [-0.15, -0.1) is 0 Å². The fraction of sp³-hybridized carbons (Fsp3) is 0.800. The van der Waals surface area contributed by atoms with Crippen LogP contribution in [-0.2, 0) is 17.7 Å². The second-order valence-electron chi connectivity index (χ2n) is 6.54. The average Bonchev–Trinajstić information content (AvgIpc) is 2.88. The number of nitrogens with one attached hydrogen (secondary N) is 1. The molecule has 7 heteroatoms. The smallest absolute Gasteiger partial charge is 0.407 e. The van der Waals surface area contributed by atoms with Crippen molar-refractivity contribution in [3.8, 4) is 0 Å². The van der Waals surface area contributed by atoms with E-state index in [4.69, 9.17) is 4.74 Å². The Hall–Kier alpha value is -1.63. The van der Waals surface area contributed by atoms with Crippen LogP contribution in [0.1, 0.15) is 46.9 Å². The highest BCUT2D eigenvalue weighted by Crippen LogP contribution is 2.25. The predicted molar refractivity (Wildman–Crippen MR) is 83.4 cm³/mol. The number of carbonyl (C=O) groups excluding carboxylic acids is 1. The van der Waals surface area contributed by atoms with Gasteiger partial charge in [-0.05, 0) is 34.1 Å². The van der Waals surface area contributed by atoms with Gasteiger partial charge in [0.2, 0.25) is 0 Å². The fourth-order valence-corrected chi connectivity index (χ4v) is 2.13. The van der Waals surface area contributed by atoms with Crippen molar-refractivity contribution in [3.05, 3.63) is 12.2 Å². The molecule has 7 nitrogen and oxygen atoms in total. The van der Waals surface area contributed by atoms with Crippen LogP contribution in [0.15, 0.2) is 6.33 Å². The molecule has 0 fully saturated rings. The molecule has 0 spiro atoms. The molecule has 0 radical (unpaired) electrons. The van der Waals surface area contributed by atoms with Crippen molar-refractivity contribution >= 4 is 6.09 Å². The van der Waals surface area contributed by atoms with Crippen LogP contribution >= 0.6 is 0 Å². The van der Waals surface area contributed by atoms with Crippen molar-refractivity contribution in [1.82, 2.24) is 20.1 Å². The number of aliphatic hydroxyl groups excluding tert-OH is 1. The van der Waals surface area contributed by atoms with E-state index in [9.17, 15) is 9.90 Å². The van der Waals surface area contributed by atoms with Crippen LogP contribution in [0, 0.1) is 5.41 Å². The van der Waals surface area contributed by atoms with Crippen molar-refractivity contribution in [2.24, 2.45) is 5.41 Å². The summed E-state index contributed by atoms with van der Waals surface area (Å²) in [6.07, 6.45) is 2.29. The van der Waals surface area contributed by atoms with E-state index in [2.05, 4.69) is 15.4 Å². The zero-order chi connectivity index (χ0) is 16.8. The molecule has 1 unspecified atom stereocenters. The molecular weight excluding hydrogens is 284 g/mol. The van der Waals surface area contributed by atoms with Crippen LogP contribution < -0.4 is 5.32 Å². The van der Waals surface area contributed by atoms with E-state index in [0.717, 1.165) is 12.4 Å². The molecule has 1 atom stereocenters. The van der Waals surface area contributed by atoms with Crippen molar-refractivity contribution in [2.45, 2.75) is 59.6 Å². The second-order valence-corrected chi connectivity index (χ2v) is 6.54. The largest absolute Gasteiger partial charge is 0.444 e. The predicted octanol–water partition coefficient (Wildman–Crippen LogP) is 1.75. The summed E-state index contributed by atoms with van der Waals surface area (Å²) in [5.74, 6) is 0.810. The lowest BCUT2D eigenvalue weighted by atomic mass is 9.82. The van der Waals surface area contributed by atoms with Gasteiger partial charge in [0.15, 0.2) is 0 Å². The Bertz CT molecular complexity index is 475. The maximum Gasteiger partial charge on any atom is 0.407 e. The molecule has 2 N–H and O–H groups in total. The molecule has 0 aromatic carbocycles. The summed E-state index contributed by atoms with van der Waals surface area (Å²) >= 11 is 0. The number of amides is 1. The van der Waals surface area contributed by atoms with Gasteiger partial charge in [-0.1, -0.05) is 6.92 Å². The SMILES string of the molecule is CCn1ncnc1CC(CC)(CO)CNC(=O)OC(C)(C)C. The highest BCUT2D eigenvalue weighted by Gasteiger charge is 2.31. The Morgan fingerprint density at radius 3 is 2.59 bits per heavy atom. The van der Waals surface area contributed by atoms with Crippen LogP contribution in [0.25, 0.3) is 0 Å². The lowest BCUT2D eigenvalue weighted by Gasteiger charge is -2.31. The number of hydrogen-bond acceptors (Lipinski definition) is 5. The number of aryl methyl sites for hydroxylation is 1. The Morgan fingerprint density at radius 1 is 1.41 bits per heavy atom. The van der Waals surface area contributed by atoms with E-state index >= 15 is 0 Å². The zero-order valence-electron chi connectivity index (χ0n) is 14.2. The molecule has 0 aliphatic heterocycles. The molecule has 1 amide bonds. The van der Waals surface area contributed by atoms with E-state index in [1.807, 2.05) is 34.6 Å². The Kier molecular flexibility index (Phi) is 6.34. The third-order valence-electron chi connectivity index (χ3n) is 3.62. The summed E-state index contributed by atoms with van der Waals surface area (Å²) in [7, 11) is 0. The first kappa shape index (κ1) is 18.4. The molecule has 22 heavy (non-hydrogen) atoms. The van der Waals surface area contributed by atoms with E-state index in [0.29, 0.717) is 19.4 Å². The zero-order valence-corrected chi connectivity index (χ0v) is 14.2. The van der Waals surface area contributed by atoms with E-state index in [1.54, 1.807) is 4.68 Å². The van der Waals surface area contributed by atoms with Gasteiger partial charge in [-0.2, -0.15) is 5.10 Å². The number of hydrogen-bond donors (Lipinski definition) is 2. The minimum absolute atomic E-state index is 0.0458. The summed E-state index contributed by atoms with van der Waals surface area (Å²) in [6.45, 7) is 10.4. The number of alkyl carbamates (subject to hydrolysis) is 1. The number of aliphatic hydroxyl groups is 1. The molecule has 1 aromatic rings. The number of nitrogens with zero attached hydrogens (tertiary/aromatic N) is 3. The first-order valence-electron chi connectivity index (χ1n) is 7.69. The van der Waals surface area contributed by atoms with Crippen LogP contribution in [0.2, 0.25) is 0 Å². The van der Waals surface area contributed by atoms with Gasteiger partial charge in [0, 0.05) is 24.9 Å². The molecule has 126 valence electrons. The van der Waals surface area contributed by atoms with Gasteiger partial charge in [-0.3, -0.25) is 4.68 Å². The van der Waals surface area contributed by atoms with E-state index in [1.165, 1.54) is 6.33 Å². The summed E-state index contributed by atoms with van der Waals surface area (Å²) < 4.78 is 7.04. The van der Waals surface area contributed by atoms with Crippen LogP contribution in [0.5, 0.6) is 0 Å². The lowest BCUT2D eigenvalue weighted by molar-refractivity contribution is 0.0458. The van der Waals surface area contributed by atoms with Crippen molar-refractivity contribution in [1.29, 1.82) is 0 Å². The van der Waals surface area contributed by atoms with Crippen LogP contribution in [-0.4, -0.2) is 44.7 Å². The molecule has 0 saturated heterocycles. The minimum atomic E-state index is -0.541. The molecule has 0 aliphatic rings. The molecule has 1 heterocycles. The van der Waals surface area contributed by atoms with Crippen molar-refractivity contribution in [2.75, 3.05) is 13.2 Å². The van der Waals surface area contributed by atoms with Gasteiger partial charge >= 0.3 is 6.09 Å². The molecular formula is C15H28N4O3. The van der Waals surface area contributed by atoms with Crippen LogP contribution in [0.3, 0.4) is 0 Å². The second kappa shape index (κ2) is 7.58. The minimum Gasteiger partial charge on any atom is -0.444 e. The maximum absolute atomic E-state index is 11.8. The molecule has 0 aliphatic carbocycles. The normalized spacial score (nSPS) is 14.5. The molecule has 0 saturated carbocycles. The number of rotatable bonds is 7. The quantitative estimate of drug-likeness (QED) is 0.800. The molecule has 1 aromatic heterocycles. The van der Waals surface area contributed by atoms with Gasteiger partial charge in [0.1, 0.15) is 17.8 Å². The van der Waals surface area contributed by atoms with Gasteiger partial charge in [-0.25, -0.2) is 9.78 Å². The Balaban J connectivity index is 2.73. The summed E-state index contributed by atoms with van der Waals surface area (Å²) in [6, 6.07) is 0. The number of carbonyl (C=O) groups is 1. The molecule has 0 bridgehead atoms. The Morgan fingerprint density at radius 2 is 2.09 bits per heavy atom. The Labute approximate surface area is 132 Å². The fourth-order valence-electron chi connectivity index (χ4n) is 2.13. The lowest BCUT2D eigenvalue weighted by Crippen LogP contribution is -2.43. The summed E-state index contributed by atoms with van der Waals surface area (Å²) in [4.78, 5) is 16.1. The van der Waals surface area contributed by atoms with E-state index in [-0.39, 0.29) is 6.61 Å². The summed E-state index contributed by atoms with van der Waals surface area (Å²) in [5, 5.41) is 16.7. The topological polar surface area (TPSA) is 89.3 Å². The number of ether oxygens (including phenoxy) is 1. The monoisotopic (exact) mass is 312 g/mol. The number of aromatic nitrogens is 3. The van der Waals surface area contributed by atoms with E-state index < -0.39 is 17.1 Å². The highest BCUT2D eigenvalue weighted by molar-refractivity contribution is 5.67.